The van der Waals surface area contributed by atoms with E-state index in [1.165, 1.54) is 0 Å². The van der Waals surface area contributed by atoms with Gasteiger partial charge >= 0.3 is 0 Å². The second-order valence-electron chi connectivity index (χ2n) is 3.53. The van der Waals surface area contributed by atoms with Crippen molar-refractivity contribution in [2.45, 2.75) is 20.3 Å². The molecule has 0 aliphatic heterocycles. The lowest BCUT2D eigenvalue weighted by atomic mass is 10.1. The van der Waals surface area contributed by atoms with Gasteiger partial charge in [0, 0.05) is 6.42 Å². The Bertz CT molecular complexity index is 369. The molecular weight excluding hydrogens is 192 g/mol. The SMILES string of the molecule is COc1cc(CC(C)=O)cc(C)c1OC. The number of methoxy groups -OCH3 is 2. The average molecular weight is 208 g/mol. The third-order valence-electron chi connectivity index (χ3n) is 2.18. The van der Waals surface area contributed by atoms with Crippen LogP contribution in [0.15, 0.2) is 12.1 Å². The van der Waals surface area contributed by atoms with Crippen LogP contribution in [0.1, 0.15) is 18.1 Å². The van der Waals surface area contributed by atoms with E-state index in [1.54, 1.807) is 21.1 Å². The van der Waals surface area contributed by atoms with E-state index in [1.807, 2.05) is 19.1 Å². The van der Waals surface area contributed by atoms with Crippen LogP contribution in [0.4, 0.5) is 0 Å². The van der Waals surface area contributed by atoms with Gasteiger partial charge in [-0.2, -0.15) is 0 Å². The van der Waals surface area contributed by atoms with Gasteiger partial charge in [0.25, 0.3) is 0 Å². The molecule has 0 amide bonds. The molecule has 0 saturated carbocycles. The Morgan fingerprint density at radius 3 is 2.40 bits per heavy atom. The molecule has 0 fully saturated rings. The molecule has 15 heavy (non-hydrogen) atoms. The van der Waals surface area contributed by atoms with E-state index in [4.69, 9.17) is 9.47 Å². The van der Waals surface area contributed by atoms with Crippen molar-refractivity contribution in [1.82, 2.24) is 0 Å². The molecular formula is C12H16O3. The average Bonchev–Trinajstić information content (AvgIpc) is 2.15. The first-order valence-corrected chi connectivity index (χ1v) is 4.79. The van der Waals surface area contributed by atoms with E-state index in [0.717, 1.165) is 16.9 Å². The van der Waals surface area contributed by atoms with E-state index in [2.05, 4.69) is 0 Å². The summed E-state index contributed by atoms with van der Waals surface area (Å²) in [7, 11) is 3.20. The highest BCUT2D eigenvalue weighted by Crippen LogP contribution is 2.32. The van der Waals surface area contributed by atoms with E-state index in [9.17, 15) is 4.79 Å². The lowest BCUT2D eigenvalue weighted by Gasteiger charge is -2.12. The van der Waals surface area contributed by atoms with Crippen LogP contribution < -0.4 is 9.47 Å². The van der Waals surface area contributed by atoms with Gasteiger partial charge < -0.3 is 9.47 Å². The molecule has 0 unspecified atom stereocenters. The molecule has 0 atom stereocenters. The summed E-state index contributed by atoms with van der Waals surface area (Å²) in [6.45, 7) is 3.51. The van der Waals surface area contributed by atoms with Crippen LogP contribution in [0, 0.1) is 6.92 Å². The highest BCUT2D eigenvalue weighted by atomic mass is 16.5. The molecule has 0 spiro atoms. The summed E-state index contributed by atoms with van der Waals surface area (Å²) < 4.78 is 10.4. The molecule has 1 rings (SSSR count). The molecule has 0 aliphatic rings. The number of aryl methyl sites for hydroxylation is 1. The highest BCUT2D eigenvalue weighted by Gasteiger charge is 2.09. The van der Waals surface area contributed by atoms with Crippen molar-refractivity contribution < 1.29 is 14.3 Å². The van der Waals surface area contributed by atoms with Gasteiger partial charge in [-0.25, -0.2) is 0 Å². The fraction of sp³-hybridized carbons (Fsp3) is 0.417. The predicted molar refractivity (Wildman–Crippen MR) is 58.7 cm³/mol. The molecule has 82 valence electrons. The number of carbonyl (C=O) groups is 1. The van der Waals surface area contributed by atoms with Crippen molar-refractivity contribution >= 4 is 5.78 Å². The molecule has 0 N–H and O–H groups in total. The summed E-state index contributed by atoms with van der Waals surface area (Å²) in [5.41, 5.74) is 1.94. The summed E-state index contributed by atoms with van der Waals surface area (Å²) >= 11 is 0. The van der Waals surface area contributed by atoms with Crippen LogP contribution in [0.2, 0.25) is 0 Å². The van der Waals surface area contributed by atoms with Crippen molar-refractivity contribution in [2.24, 2.45) is 0 Å². The largest absolute Gasteiger partial charge is 0.493 e. The molecule has 1 aromatic rings. The fourth-order valence-electron chi connectivity index (χ4n) is 1.62. The van der Waals surface area contributed by atoms with E-state index in [-0.39, 0.29) is 5.78 Å². The Kier molecular flexibility index (Phi) is 3.72. The van der Waals surface area contributed by atoms with E-state index >= 15 is 0 Å². The molecule has 0 aliphatic carbocycles. The lowest BCUT2D eigenvalue weighted by Crippen LogP contribution is -2.00. The summed E-state index contributed by atoms with van der Waals surface area (Å²) in [4.78, 5) is 11.0. The Balaban J connectivity index is 3.13. The molecule has 3 nitrogen and oxygen atoms in total. The third-order valence-corrected chi connectivity index (χ3v) is 2.18. The van der Waals surface area contributed by atoms with Crippen LogP contribution >= 0.6 is 0 Å². The van der Waals surface area contributed by atoms with Crippen molar-refractivity contribution in [1.29, 1.82) is 0 Å². The number of hydrogen-bond donors (Lipinski definition) is 0. The van der Waals surface area contributed by atoms with Crippen molar-refractivity contribution in [3.05, 3.63) is 23.3 Å². The molecule has 0 saturated heterocycles. The van der Waals surface area contributed by atoms with Crippen LogP contribution in [-0.2, 0) is 11.2 Å². The Hall–Kier alpha value is -1.51. The number of ketones is 1. The van der Waals surface area contributed by atoms with Crippen LogP contribution in [0.5, 0.6) is 11.5 Å². The van der Waals surface area contributed by atoms with E-state index in [0.29, 0.717) is 12.2 Å². The zero-order valence-electron chi connectivity index (χ0n) is 9.59. The molecule has 1 aromatic carbocycles. The third kappa shape index (κ3) is 2.72. The maximum atomic E-state index is 11.0. The van der Waals surface area contributed by atoms with E-state index < -0.39 is 0 Å². The van der Waals surface area contributed by atoms with Gasteiger partial charge in [0.15, 0.2) is 11.5 Å². The minimum absolute atomic E-state index is 0.140. The number of rotatable bonds is 4. The van der Waals surface area contributed by atoms with Gasteiger partial charge in [-0.3, -0.25) is 4.79 Å². The molecule has 0 radical (unpaired) electrons. The fourth-order valence-corrected chi connectivity index (χ4v) is 1.62. The number of ether oxygens (including phenoxy) is 2. The number of Topliss-reactive ketones (excluding diaryl/α,β-unsaturated/α-hetero) is 1. The zero-order valence-corrected chi connectivity index (χ0v) is 9.59. The van der Waals surface area contributed by atoms with Gasteiger partial charge in [-0.1, -0.05) is 6.07 Å². The monoisotopic (exact) mass is 208 g/mol. The second kappa shape index (κ2) is 4.82. The van der Waals surface area contributed by atoms with Crippen LogP contribution in [0.3, 0.4) is 0 Å². The Labute approximate surface area is 90.0 Å². The normalized spacial score (nSPS) is 9.87. The van der Waals surface area contributed by atoms with Gasteiger partial charge in [0.2, 0.25) is 0 Å². The standard InChI is InChI=1S/C12H16O3/c1-8-5-10(6-9(2)13)7-11(14-3)12(8)15-4/h5,7H,6H2,1-4H3. The summed E-state index contributed by atoms with van der Waals surface area (Å²) in [5, 5.41) is 0. The quantitative estimate of drug-likeness (QED) is 0.760. The van der Waals surface area contributed by atoms with Crippen molar-refractivity contribution in [3.8, 4) is 11.5 Å². The maximum Gasteiger partial charge on any atom is 0.163 e. The zero-order chi connectivity index (χ0) is 11.4. The van der Waals surface area contributed by atoms with Crippen molar-refractivity contribution in [2.75, 3.05) is 14.2 Å². The first kappa shape index (κ1) is 11.6. The minimum Gasteiger partial charge on any atom is -0.493 e. The van der Waals surface area contributed by atoms with Crippen molar-refractivity contribution in [3.63, 3.8) is 0 Å². The maximum absolute atomic E-state index is 11.0. The predicted octanol–water partition coefficient (Wildman–Crippen LogP) is 2.14. The van der Waals surface area contributed by atoms with Gasteiger partial charge in [-0.15, -0.1) is 0 Å². The Morgan fingerprint density at radius 1 is 1.27 bits per heavy atom. The van der Waals surface area contributed by atoms with Gasteiger partial charge in [0.05, 0.1) is 14.2 Å². The number of hydrogen-bond acceptors (Lipinski definition) is 3. The molecule has 0 heterocycles. The van der Waals surface area contributed by atoms with Crippen LogP contribution in [0.25, 0.3) is 0 Å². The number of benzene rings is 1. The summed E-state index contributed by atoms with van der Waals surface area (Å²) in [5.74, 6) is 1.54. The molecule has 0 aromatic heterocycles. The Morgan fingerprint density at radius 2 is 1.93 bits per heavy atom. The topological polar surface area (TPSA) is 35.5 Å². The highest BCUT2D eigenvalue weighted by molar-refractivity contribution is 5.78. The smallest absolute Gasteiger partial charge is 0.163 e. The van der Waals surface area contributed by atoms with Gasteiger partial charge in [-0.05, 0) is 31.0 Å². The number of carbonyl (C=O) groups excluding carboxylic acids is 1. The van der Waals surface area contributed by atoms with Gasteiger partial charge in [0.1, 0.15) is 5.78 Å². The lowest BCUT2D eigenvalue weighted by molar-refractivity contribution is -0.116. The first-order chi connectivity index (χ1) is 7.08. The first-order valence-electron chi connectivity index (χ1n) is 4.79. The summed E-state index contributed by atoms with van der Waals surface area (Å²) in [6, 6.07) is 3.79. The molecule has 0 bridgehead atoms. The molecule has 3 heteroatoms. The summed E-state index contributed by atoms with van der Waals surface area (Å²) in [6.07, 6.45) is 0.432. The minimum atomic E-state index is 0.140. The van der Waals surface area contributed by atoms with Crippen LogP contribution in [-0.4, -0.2) is 20.0 Å². The second-order valence-corrected chi connectivity index (χ2v) is 3.53.